The molecule has 1 aliphatic carbocycles. The van der Waals surface area contributed by atoms with Gasteiger partial charge >= 0.3 is 11.9 Å². The molecule has 0 heterocycles. The number of ether oxygens (including phenoxy) is 2. The molecule has 2 aromatic carbocycles. The first-order valence-corrected chi connectivity index (χ1v) is 12.2. The van der Waals surface area contributed by atoms with Crippen LogP contribution < -0.4 is 9.47 Å². The zero-order chi connectivity index (χ0) is 24.9. The van der Waals surface area contributed by atoms with Gasteiger partial charge in [0.2, 0.25) is 0 Å². The number of rotatable bonds is 10. The van der Waals surface area contributed by atoms with Gasteiger partial charge in [-0.3, -0.25) is 0 Å². The van der Waals surface area contributed by atoms with Crippen molar-refractivity contribution in [3.05, 3.63) is 58.7 Å². The van der Waals surface area contributed by atoms with Crippen LogP contribution in [0.3, 0.4) is 0 Å². The van der Waals surface area contributed by atoms with Crippen LogP contribution in [0.2, 0.25) is 0 Å². The summed E-state index contributed by atoms with van der Waals surface area (Å²) in [5.41, 5.74) is 4.09. The van der Waals surface area contributed by atoms with Gasteiger partial charge in [-0.15, -0.1) is 0 Å². The first-order chi connectivity index (χ1) is 16.2. The molecule has 34 heavy (non-hydrogen) atoms. The molecule has 1 fully saturated rings. The Bertz CT molecular complexity index is 946. The van der Waals surface area contributed by atoms with E-state index >= 15 is 0 Å². The Morgan fingerprint density at radius 3 is 1.53 bits per heavy atom. The van der Waals surface area contributed by atoms with E-state index in [2.05, 4.69) is 24.3 Å². The second-order valence-electron chi connectivity index (χ2n) is 9.31. The maximum atomic E-state index is 11.4. The van der Waals surface area contributed by atoms with Gasteiger partial charge in [0.15, 0.2) is 12.2 Å². The Labute approximate surface area is 201 Å². The Kier molecular flexibility index (Phi) is 8.24. The second kappa shape index (κ2) is 10.9. The van der Waals surface area contributed by atoms with Crippen molar-refractivity contribution in [2.75, 3.05) is 0 Å². The summed E-state index contributed by atoms with van der Waals surface area (Å²) in [5.74, 6) is -0.715. The minimum Gasteiger partial charge on any atom is -0.479 e. The predicted octanol–water partition coefficient (Wildman–Crippen LogP) is 6.04. The zero-order valence-electron chi connectivity index (χ0n) is 20.6. The first-order valence-electron chi connectivity index (χ1n) is 12.2. The normalized spacial score (nSPS) is 16.9. The third kappa shape index (κ3) is 5.37. The third-order valence-corrected chi connectivity index (χ3v) is 6.99. The van der Waals surface area contributed by atoms with Crippen LogP contribution in [0.4, 0.5) is 0 Å². The number of benzene rings is 2. The maximum absolute atomic E-state index is 11.4. The van der Waals surface area contributed by atoms with Crippen molar-refractivity contribution in [1.82, 2.24) is 0 Å². The van der Waals surface area contributed by atoms with E-state index in [0.29, 0.717) is 24.3 Å². The lowest BCUT2D eigenvalue weighted by atomic mass is 9.65. The predicted molar refractivity (Wildman–Crippen MR) is 131 cm³/mol. The number of aryl methyl sites for hydroxylation is 2. The number of aliphatic carboxylic acids is 2. The van der Waals surface area contributed by atoms with Crippen LogP contribution in [0.25, 0.3) is 0 Å². The lowest BCUT2D eigenvalue weighted by molar-refractivity contribution is -0.146. The largest absolute Gasteiger partial charge is 0.479 e. The summed E-state index contributed by atoms with van der Waals surface area (Å²) in [6.45, 7) is 7.52. The van der Waals surface area contributed by atoms with Crippen molar-refractivity contribution >= 4 is 11.9 Å². The highest BCUT2D eigenvalue weighted by Crippen LogP contribution is 2.46. The molecule has 0 radical (unpaired) electrons. The molecule has 2 atom stereocenters. The van der Waals surface area contributed by atoms with Gasteiger partial charge in [0.1, 0.15) is 11.5 Å². The fourth-order valence-electron chi connectivity index (χ4n) is 4.98. The molecule has 2 N–H and O–H groups in total. The topological polar surface area (TPSA) is 93.1 Å². The summed E-state index contributed by atoms with van der Waals surface area (Å²) in [6.07, 6.45) is 4.57. The second-order valence-corrected chi connectivity index (χ2v) is 9.31. The van der Waals surface area contributed by atoms with Crippen molar-refractivity contribution < 1.29 is 29.3 Å². The molecule has 0 saturated heterocycles. The summed E-state index contributed by atoms with van der Waals surface area (Å²) in [6, 6.07) is 12.2. The number of hydrogen-bond donors (Lipinski definition) is 2. The average Bonchev–Trinajstić information content (AvgIpc) is 2.82. The molecule has 0 spiro atoms. The van der Waals surface area contributed by atoms with Gasteiger partial charge in [0.05, 0.1) is 0 Å². The van der Waals surface area contributed by atoms with E-state index in [9.17, 15) is 19.8 Å². The minimum atomic E-state index is -0.958. The van der Waals surface area contributed by atoms with E-state index in [4.69, 9.17) is 9.47 Å². The van der Waals surface area contributed by atoms with E-state index in [1.807, 2.05) is 26.0 Å². The monoisotopic (exact) mass is 468 g/mol. The number of carbonyl (C=O) groups is 2. The minimum absolute atomic E-state index is 0.154. The van der Waals surface area contributed by atoms with Crippen molar-refractivity contribution in [2.45, 2.75) is 90.3 Å². The SMILES string of the molecule is CCC(Oc1ccc(C2(c3ccc(OC(CC)C(=O)O)c(C)c3)CCCCC2)cc1C)C(=O)O. The van der Waals surface area contributed by atoms with E-state index in [1.54, 1.807) is 13.8 Å². The Hall–Kier alpha value is -3.02. The van der Waals surface area contributed by atoms with E-state index in [1.165, 1.54) is 17.5 Å². The molecule has 2 aromatic rings. The Morgan fingerprint density at radius 2 is 1.21 bits per heavy atom. The molecule has 0 aliphatic heterocycles. The molecular formula is C28H36O6. The maximum Gasteiger partial charge on any atom is 0.344 e. The van der Waals surface area contributed by atoms with Crippen LogP contribution in [-0.2, 0) is 15.0 Å². The highest BCUT2D eigenvalue weighted by molar-refractivity contribution is 5.73. The molecular weight excluding hydrogens is 432 g/mol. The Morgan fingerprint density at radius 1 is 0.794 bits per heavy atom. The molecule has 6 heteroatoms. The van der Waals surface area contributed by atoms with E-state index in [-0.39, 0.29) is 5.41 Å². The lowest BCUT2D eigenvalue weighted by Crippen LogP contribution is -2.31. The van der Waals surface area contributed by atoms with Crippen molar-refractivity contribution in [3.8, 4) is 11.5 Å². The quantitative estimate of drug-likeness (QED) is 0.442. The first kappa shape index (κ1) is 25.6. The van der Waals surface area contributed by atoms with Crippen molar-refractivity contribution in [3.63, 3.8) is 0 Å². The standard InChI is InChI=1S/C28H36O6/c1-5-22(26(29)30)33-24-12-10-20(16-18(24)3)28(14-8-7-9-15-28)21-11-13-25(19(4)17-21)34-23(6-2)27(31)32/h10-13,16-17,22-23H,5-9,14-15H2,1-4H3,(H,29,30)(H,31,32). The van der Waals surface area contributed by atoms with Gasteiger partial charge in [0.25, 0.3) is 0 Å². The van der Waals surface area contributed by atoms with Gasteiger partial charge < -0.3 is 19.7 Å². The van der Waals surface area contributed by atoms with Gasteiger partial charge in [0, 0.05) is 5.41 Å². The van der Waals surface area contributed by atoms with Gasteiger partial charge in [-0.2, -0.15) is 0 Å². The summed E-state index contributed by atoms with van der Waals surface area (Å²) in [4.78, 5) is 22.8. The highest BCUT2D eigenvalue weighted by atomic mass is 16.5. The lowest BCUT2D eigenvalue weighted by Gasteiger charge is -2.39. The summed E-state index contributed by atoms with van der Waals surface area (Å²) >= 11 is 0. The van der Waals surface area contributed by atoms with Crippen LogP contribution in [0.5, 0.6) is 11.5 Å². The van der Waals surface area contributed by atoms with Crippen LogP contribution in [-0.4, -0.2) is 34.4 Å². The molecule has 0 aromatic heterocycles. The Balaban J connectivity index is 1.96. The fourth-order valence-corrected chi connectivity index (χ4v) is 4.98. The molecule has 6 nitrogen and oxygen atoms in total. The number of carboxylic acids is 2. The van der Waals surface area contributed by atoms with Gasteiger partial charge in [-0.25, -0.2) is 9.59 Å². The van der Waals surface area contributed by atoms with E-state index < -0.39 is 24.1 Å². The summed E-state index contributed by atoms with van der Waals surface area (Å²) in [7, 11) is 0. The molecule has 0 amide bonds. The van der Waals surface area contributed by atoms with Crippen LogP contribution in [0, 0.1) is 13.8 Å². The number of hydrogen-bond acceptors (Lipinski definition) is 4. The smallest absolute Gasteiger partial charge is 0.344 e. The third-order valence-electron chi connectivity index (χ3n) is 6.99. The van der Waals surface area contributed by atoms with Crippen LogP contribution in [0.1, 0.15) is 81.0 Å². The molecule has 2 unspecified atom stereocenters. The fraction of sp³-hybridized carbons (Fsp3) is 0.500. The zero-order valence-corrected chi connectivity index (χ0v) is 20.6. The summed E-state index contributed by atoms with van der Waals surface area (Å²) < 4.78 is 11.5. The van der Waals surface area contributed by atoms with Crippen molar-refractivity contribution in [2.24, 2.45) is 0 Å². The van der Waals surface area contributed by atoms with Crippen LogP contribution >= 0.6 is 0 Å². The van der Waals surface area contributed by atoms with Crippen molar-refractivity contribution in [1.29, 1.82) is 0 Å². The number of carboxylic acid groups (broad SMARTS) is 2. The average molecular weight is 469 g/mol. The molecule has 0 bridgehead atoms. The molecule has 1 saturated carbocycles. The highest BCUT2D eigenvalue weighted by Gasteiger charge is 2.36. The van der Waals surface area contributed by atoms with E-state index in [0.717, 1.165) is 36.8 Å². The molecule has 1 aliphatic rings. The summed E-state index contributed by atoms with van der Waals surface area (Å²) in [5, 5.41) is 18.7. The van der Waals surface area contributed by atoms with Crippen LogP contribution in [0.15, 0.2) is 36.4 Å². The van der Waals surface area contributed by atoms with Gasteiger partial charge in [-0.1, -0.05) is 57.4 Å². The molecule has 3 rings (SSSR count). The molecule has 184 valence electrons. The van der Waals surface area contributed by atoms with Gasteiger partial charge in [-0.05, 0) is 73.9 Å².